The van der Waals surface area contributed by atoms with Crippen molar-refractivity contribution in [2.45, 2.75) is 44.9 Å². The molecule has 4 bridgehead atoms. The lowest BCUT2D eigenvalue weighted by molar-refractivity contribution is -0.00348. The Bertz CT molecular complexity index is 1260. The molecule has 0 radical (unpaired) electrons. The largest absolute Gasteiger partial charge is 0.508 e. The number of para-hydroxylation sites is 1. The summed E-state index contributed by atoms with van der Waals surface area (Å²) in [5.74, 6) is 3.33. The van der Waals surface area contributed by atoms with Crippen LogP contribution in [0.25, 0.3) is 10.9 Å². The SMILES string of the molecule is Cc1cc(C2C3CC4CC(C3)CC2C4)c(O)cc1NC(=O)c1c[nH]c2ccccc2c1=O. The van der Waals surface area contributed by atoms with Crippen LogP contribution in [0.3, 0.4) is 0 Å². The van der Waals surface area contributed by atoms with Crippen LogP contribution in [-0.4, -0.2) is 16.0 Å². The van der Waals surface area contributed by atoms with E-state index < -0.39 is 5.91 Å². The van der Waals surface area contributed by atoms with Crippen LogP contribution in [0.5, 0.6) is 5.75 Å². The molecule has 4 aliphatic carbocycles. The van der Waals surface area contributed by atoms with Crippen molar-refractivity contribution in [3.8, 4) is 5.75 Å². The van der Waals surface area contributed by atoms with E-state index in [-0.39, 0.29) is 16.7 Å². The molecule has 3 aromatic rings. The summed E-state index contributed by atoms with van der Waals surface area (Å²) in [4.78, 5) is 28.7. The number of pyridine rings is 1. The van der Waals surface area contributed by atoms with Crippen molar-refractivity contribution in [3.63, 3.8) is 0 Å². The predicted molar refractivity (Wildman–Crippen MR) is 125 cm³/mol. The van der Waals surface area contributed by atoms with E-state index in [4.69, 9.17) is 0 Å². The van der Waals surface area contributed by atoms with Gasteiger partial charge in [0, 0.05) is 28.9 Å². The monoisotopic (exact) mass is 428 g/mol. The maximum Gasteiger partial charge on any atom is 0.261 e. The molecule has 4 fully saturated rings. The Morgan fingerprint density at radius 3 is 2.44 bits per heavy atom. The van der Waals surface area contributed by atoms with Crippen LogP contribution in [-0.2, 0) is 0 Å². The molecule has 0 unspecified atom stereocenters. The molecule has 2 aromatic carbocycles. The van der Waals surface area contributed by atoms with Gasteiger partial charge < -0.3 is 15.4 Å². The normalized spacial score (nSPS) is 28.2. The molecular weight excluding hydrogens is 400 g/mol. The van der Waals surface area contributed by atoms with E-state index in [2.05, 4.69) is 16.4 Å². The van der Waals surface area contributed by atoms with E-state index >= 15 is 0 Å². The van der Waals surface area contributed by atoms with E-state index in [0.29, 0.717) is 34.3 Å². The number of fused-ring (bicyclic) bond motifs is 1. The van der Waals surface area contributed by atoms with Gasteiger partial charge in [0.25, 0.3) is 5.91 Å². The van der Waals surface area contributed by atoms with Gasteiger partial charge in [0.05, 0.1) is 0 Å². The maximum atomic E-state index is 12.9. The molecule has 5 heteroatoms. The van der Waals surface area contributed by atoms with Crippen LogP contribution in [0.4, 0.5) is 5.69 Å². The lowest BCUT2D eigenvalue weighted by atomic mass is 9.50. The molecule has 1 heterocycles. The number of H-pyrrole nitrogens is 1. The molecule has 164 valence electrons. The second-order valence-corrected chi connectivity index (χ2v) is 10.2. The standard InChI is InChI=1S/C27H28N2O3/c1-14-6-20(25-17-8-15-7-16(10-17)11-18(25)9-15)24(30)12-23(14)29-27(32)21-13-28-22-5-3-2-4-19(22)26(21)31/h2-6,12-13,15-18,25,30H,7-11H2,1H3,(H,28,31)(H,29,32). The smallest absolute Gasteiger partial charge is 0.261 e. The van der Waals surface area contributed by atoms with Crippen molar-refractivity contribution < 1.29 is 9.90 Å². The minimum atomic E-state index is -0.470. The van der Waals surface area contributed by atoms with Gasteiger partial charge in [-0.2, -0.15) is 0 Å². The van der Waals surface area contributed by atoms with Gasteiger partial charge in [-0.25, -0.2) is 0 Å². The van der Waals surface area contributed by atoms with Crippen molar-refractivity contribution in [1.29, 1.82) is 0 Å². The third kappa shape index (κ3) is 3.06. The predicted octanol–water partition coefficient (Wildman–Crippen LogP) is 5.33. The number of hydrogen-bond acceptors (Lipinski definition) is 3. The van der Waals surface area contributed by atoms with E-state index in [1.165, 1.54) is 38.3 Å². The average Bonchev–Trinajstić information content (AvgIpc) is 2.76. The summed E-state index contributed by atoms with van der Waals surface area (Å²) in [7, 11) is 0. The van der Waals surface area contributed by atoms with Gasteiger partial charge in [0.1, 0.15) is 11.3 Å². The van der Waals surface area contributed by atoms with Gasteiger partial charge in [-0.15, -0.1) is 0 Å². The first-order valence-electron chi connectivity index (χ1n) is 11.7. The van der Waals surface area contributed by atoms with Crippen LogP contribution >= 0.6 is 0 Å². The number of aromatic nitrogens is 1. The number of phenolic OH excluding ortho intramolecular Hbond substituents is 1. The summed E-state index contributed by atoms with van der Waals surface area (Å²) in [6, 6.07) is 10.9. The minimum absolute atomic E-state index is 0.0627. The summed E-state index contributed by atoms with van der Waals surface area (Å²) < 4.78 is 0. The molecule has 1 aromatic heterocycles. The zero-order valence-corrected chi connectivity index (χ0v) is 18.2. The molecule has 7 rings (SSSR count). The quantitative estimate of drug-likeness (QED) is 0.527. The number of anilines is 1. The van der Waals surface area contributed by atoms with E-state index in [0.717, 1.165) is 23.0 Å². The van der Waals surface area contributed by atoms with E-state index in [1.807, 2.05) is 19.1 Å². The number of aromatic hydroxyl groups is 1. The molecule has 0 aliphatic heterocycles. The molecule has 4 aliphatic rings. The Hall–Kier alpha value is -3.08. The van der Waals surface area contributed by atoms with Gasteiger partial charge >= 0.3 is 0 Å². The minimum Gasteiger partial charge on any atom is -0.508 e. The molecule has 32 heavy (non-hydrogen) atoms. The van der Waals surface area contributed by atoms with Crippen molar-refractivity contribution in [2.24, 2.45) is 23.7 Å². The molecule has 3 N–H and O–H groups in total. The third-order valence-electron chi connectivity index (χ3n) is 8.24. The Morgan fingerprint density at radius 2 is 1.72 bits per heavy atom. The second-order valence-electron chi connectivity index (χ2n) is 10.2. The number of benzene rings is 2. The van der Waals surface area contributed by atoms with Gasteiger partial charge in [0.2, 0.25) is 5.43 Å². The number of rotatable bonds is 3. The number of aryl methyl sites for hydroxylation is 1. The Labute approximate surface area is 186 Å². The number of carbonyl (C=O) groups excluding carboxylic acids is 1. The number of phenols is 1. The number of amides is 1. The number of carbonyl (C=O) groups is 1. The number of aromatic amines is 1. The van der Waals surface area contributed by atoms with Gasteiger partial charge in [0.15, 0.2) is 0 Å². The lowest BCUT2D eigenvalue weighted by Gasteiger charge is -2.54. The van der Waals surface area contributed by atoms with Crippen molar-refractivity contribution >= 4 is 22.5 Å². The van der Waals surface area contributed by atoms with Crippen molar-refractivity contribution in [3.05, 3.63) is 69.5 Å². The molecule has 5 nitrogen and oxygen atoms in total. The Kier molecular flexibility index (Phi) is 4.42. The van der Waals surface area contributed by atoms with Crippen LogP contribution in [0.15, 0.2) is 47.4 Å². The van der Waals surface area contributed by atoms with Gasteiger partial charge in [-0.05, 0) is 91.9 Å². The van der Waals surface area contributed by atoms with Crippen LogP contribution in [0.1, 0.15) is 59.5 Å². The fourth-order valence-electron chi connectivity index (χ4n) is 7.08. The summed E-state index contributed by atoms with van der Waals surface area (Å²) in [5, 5.41) is 14.3. The topological polar surface area (TPSA) is 82.2 Å². The maximum absolute atomic E-state index is 12.9. The average molecular weight is 429 g/mol. The Morgan fingerprint density at radius 1 is 1.03 bits per heavy atom. The van der Waals surface area contributed by atoms with Crippen LogP contribution in [0.2, 0.25) is 0 Å². The number of nitrogens with one attached hydrogen (secondary N) is 2. The molecular formula is C27H28N2O3. The highest BCUT2D eigenvalue weighted by Crippen LogP contribution is 2.60. The summed E-state index contributed by atoms with van der Waals surface area (Å²) >= 11 is 0. The summed E-state index contributed by atoms with van der Waals surface area (Å²) in [6.07, 6.45) is 8.03. The third-order valence-corrected chi connectivity index (χ3v) is 8.24. The van der Waals surface area contributed by atoms with Crippen LogP contribution in [0, 0.1) is 30.6 Å². The Balaban J connectivity index is 1.29. The summed E-state index contributed by atoms with van der Waals surface area (Å²) in [6.45, 7) is 1.96. The number of hydrogen-bond donors (Lipinski definition) is 3. The molecule has 0 atom stereocenters. The first-order valence-corrected chi connectivity index (χ1v) is 11.7. The van der Waals surface area contributed by atoms with Crippen molar-refractivity contribution in [1.82, 2.24) is 4.98 Å². The van der Waals surface area contributed by atoms with Gasteiger partial charge in [-0.3, -0.25) is 9.59 Å². The van der Waals surface area contributed by atoms with Crippen LogP contribution < -0.4 is 10.7 Å². The fourth-order valence-corrected chi connectivity index (χ4v) is 7.08. The molecule has 1 amide bonds. The zero-order chi connectivity index (χ0) is 22.0. The molecule has 4 saturated carbocycles. The second kappa shape index (κ2) is 7.22. The highest BCUT2D eigenvalue weighted by molar-refractivity contribution is 6.06. The molecule has 0 saturated heterocycles. The first-order chi connectivity index (χ1) is 15.5. The summed E-state index contributed by atoms with van der Waals surface area (Å²) in [5.41, 5.74) is 2.96. The van der Waals surface area contributed by atoms with Gasteiger partial charge in [-0.1, -0.05) is 18.2 Å². The highest BCUT2D eigenvalue weighted by atomic mass is 16.3. The van der Waals surface area contributed by atoms with E-state index in [9.17, 15) is 14.7 Å². The van der Waals surface area contributed by atoms with E-state index in [1.54, 1.807) is 18.2 Å². The zero-order valence-electron chi connectivity index (χ0n) is 18.2. The highest BCUT2D eigenvalue weighted by Gasteiger charge is 2.49. The molecule has 0 spiro atoms. The first kappa shape index (κ1) is 19.6. The fraction of sp³-hybridized carbons (Fsp3) is 0.407. The van der Waals surface area contributed by atoms with Crippen molar-refractivity contribution in [2.75, 3.05) is 5.32 Å². The lowest BCUT2D eigenvalue weighted by Crippen LogP contribution is -2.43.